The van der Waals surface area contributed by atoms with E-state index in [2.05, 4.69) is 162 Å². The van der Waals surface area contributed by atoms with E-state index < -0.39 is 0 Å². The number of nitrogens with zero attached hydrogens (tertiary/aromatic N) is 4. The number of allylic oxidation sites excluding steroid dienone is 4. The molecule has 0 fully saturated rings. The zero-order valence-electron chi connectivity index (χ0n) is 28.3. The predicted molar refractivity (Wildman–Crippen MR) is 209 cm³/mol. The van der Waals surface area contributed by atoms with Gasteiger partial charge in [0.2, 0.25) is 0 Å². The maximum Gasteiger partial charge on any atom is 0.164 e. The summed E-state index contributed by atoms with van der Waals surface area (Å²) in [7, 11) is 0. The second kappa shape index (κ2) is 11.2. The first-order valence-corrected chi connectivity index (χ1v) is 18.0. The molecule has 0 radical (unpaired) electrons. The Balaban J connectivity index is 1.17. The molecule has 8 aromatic rings. The van der Waals surface area contributed by atoms with Crippen LogP contribution in [-0.2, 0) is 5.41 Å². The number of aromatic nitrogens is 4. The Bertz CT molecular complexity index is 2740. The van der Waals surface area contributed by atoms with E-state index in [1.165, 1.54) is 33.4 Å². The molecular weight excluding hydrogens is 633 g/mol. The summed E-state index contributed by atoms with van der Waals surface area (Å²) in [6.45, 7) is 0. The van der Waals surface area contributed by atoms with Crippen LogP contribution in [0.25, 0.3) is 62.0 Å². The molecule has 2 aliphatic carbocycles. The molecule has 6 aromatic carbocycles. The molecule has 0 N–H and O–H groups in total. The van der Waals surface area contributed by atoms with Crippen LogP contribution in [0.1, 0.15) is 28.2 Å². The van der Waals surface area contributed by atoms with Crippen molar-refractivity contribution in [1.82, 2.24) is 19.5 Å². The topological polar surface area (TPSA) is 43.6 Å². The third kappa shape index (κ3) is 4.06. The Morgan fingerprint density at radius 3 is 1.94 bits per heavy atom. The minimum Gasteiger partial charge on any atom is -0.290 e. The number of fused-ring (bicyclic) bond motifs is 9. The Morgan fingerprint density at radius 2 is 1.12 bits per heavy atom. The van der Waals surface area contributed by atoms with E-state index in [1.807, 2.05) is 24.3 Å². The van der Waals surface area contributed by atoms with E-state index in [-0.39, 0.29) is 11.3 Å². The van der Waals surface area contributed by atoms with Gasteiger partial charge in [-0.05, 0) is 51.6 Å². The van der Waals surface area contributed by atoms with Crippen LogP contribution in [0.4, 0.5) is 0 Å². The van der Waals surface area contributed by atoms with Crippen molar-refractivity contribution >= 4 is 11.0 Å². The first kappa shape index (κ1) is 29.1. The quantitative estimate of drug-likeness (QED) is 0.188. The van der Waals surface area contributed by atoms with Gasteiger partial charge in [0, 0.05) is 23.0 Å². The molecule has 0 amide bonds. The number of rotatable bonds is 4. The van der Waals surface area contributed by atoms with E-state index in [9.17, 15) is 0 Å². The van der Waals surface area contributed by atoms with E-state index in [1.54, 1.807) is 0 Å². The van der Waals surface area contributed by atoms with Crippen LogP contribution < -0.4 is 0 Å². The van der Waals surface area contributed by atoms with Gasteiger partial charge in [-0.25, -0.2) is 15.0 Å². The second-order valence-electron chi connectivity index (χ2n) is 13.9. The highest BCUT2D eigenvalue weighted by atomic mass is 15.1. The maximum absolute atomic E-state index is 5.43. The SMILES string of the molecule is C1=CC2c3ccccc3C3(c4ccccc4-n4c(-c5cc(-c6ccc(-c7ccccc7)cc6)nc(-c6ccccc6)n5)nc5cccc3c54)C2C=C1. The summed E-state index contributed by atoms with van der Waals surface area (Å²) < 4.78 is 2.36. The van der Waals surface area contributed by atoms with Gasteiger partial charge in [-0.1, -0.05) is 164 Å². The molecule has 1 aliphatic heterocycles. The molecule has 1 spiro atoms. The summed E-state index contributed by atoms with van der Waals surface area (Å²) in [5, 5.41) is 0. The zero-order chi connectivity index (χ0) is 34.2. The summed E-state index contributed by atoms with van der Waals surface area (Å²) in [6.07, 6.45) is 9.26. The lowest BCUT2D eigenvalue weighted by Gasteiger charge is -2.43. The summed E-state index contributed by atoms with van der Waals surface area (Å²) in [4.78, 5) is 15.9. The molecule has 11 rings (SSSR count). The summed E-state index contributed by atoms with van der Waals surface area (Å²) in [5.74, 6) is 2.02. The third-order valence-electron chi connectivity index (χ3n) is 11.3. The van der Waals surface area contributed by atoms with Crippen molar-refractivity contribution in [3.63, 3.8) is 0 Å². The highest BCUT2D eigenvalue weighted by molar-refractivity contribution is 5.92. The van der Waals surface area contributed by atoms with Gasteiger partial charge in [0.25, 0.3) is 0 Å². The highest BCUT2D eigenvalue weighted by Crippen LogP contribution is 2.63. The van der Waals surface area contributed by atoms with Gasteiger partial charge in [0.1, 0.15) is 5.69 Å². The Labute approximate surface area is 302 Å². The van der Waals surface area contributed by atoms with Crippen molar-refractivity contribution in [2.75, 3.05) is 0 Å². The first-order valence-electron chi connectivity index (χ1n) is 18.0. The molecule has 3 unspecified atom stereocenters. The summed E-state index contributed by atoms with van der Waals surface area (Å²) in [6, 6.07) is 56.2. The van der Waals surface area contributed by atoms with Crippen LogP contribution in [0.2, 0.25) is 0 Å². The second-order valence-corrected chi connectivity index (χ2v) is 13.9. The molecule has 244 valence electrons. The fourth-order valence-electron chi connectivity index (χ4n) is 9.18. The number of hydrogen-bond donors (Lipinski definition) is 0. The highest BCUT2D eigenvalue weighted by Gasteiger charge is 2.56. The van der Waals surface area contributed by atoms with E-state index >= 15 is 0 Å². The predicted octanol–water partition coefficient (Wildman–Crippen LogP) is 11.0. The minimum absolute atomic E-state index is 0.239. The van der Waals surface area contributed by atoms with E-state index in [0.717, 1.165) is 45.1 Å². The standard InChI is InChI=1S/C48H32N4/c1-3-14-31(15-4-1)32-26-28-33(29-27-32)42-30-43(50-46(49-42)34-16-5-2-6-17-34)47-51-41-24-13-23-40-45(41)52(47)44-25-12-11-22-39(44)48(40)37-20-9-7-18-35(37)36-19-8-10-21-38(36)48/h1-30,35,37H. The fourth-order valence-corrected chi connectivity index (χ4v) is 9.18. The van der Waals surface area contributed by atoms with E-state index in [0.29, 0.717) is 11.7 Å². The molecule has 3 atom stereocenters. The molecule has 4 heteroatoms. The molecule has 4 nitrogen and oxygen atoms in total. The molecule has 0 bridgehead atoms. The molecule has 52 heavy (non-hydrogen) atoms. The van der Waals surface area contributed by atoms with Crippen LogP contribution in [0.5, 0.6) is 0 Å². The molecule has 3 heterocycles. The number of imidazole rings is 1. The van der Waals surface area contributed by atoms with Crippen LogP contribution >= 0.6 is 0 Å². The van der Waals surface area contributed by atoms with Crippen molar-refractivity contribution in [2.45, 2.75) is 11.3 Å². The monoisotopic (exact) mass is 664 g/mol. The molecular formula is C48H32N4. The van der Waals surface area contributed by atoms with E-state index in [4.69, 9.17) is 15.0 Å². The van der Waals surface area contributed by atoms with Gasteiger partial charge in [-0.2, -0.15) is 0 Å². The van der Waals surface area contributed by atoms with Crippen molar-refractivity contribution < 1.29 is 0 Å². The average Bonchev–Trinajstić information content (AvgIpc) is 3.76. The first-order chi connectivity index (χ1) is 25.8. The van der Waals surface area contributed by atoms with Gasteiger partial charge in [0.15, 0.2) is 11.6 Å². The molecule has 0 saturated heterocycles. The lowest BCUT2D eigenvalue weighted by atomic mass is 9.61. The molecule has 2 aromatic heterocycles. The van der Waals surface area contributed by atoms with Crippen LogP contribution in [0.15, 0.2) is 182 Å². The van der Waals surface area contributed by atoms with Gasteiger partial charge < -0.3 is 0 Å². The Hall–Kier alpha value is -6.65. The Morgan fingerprint density at radius 1 is 0.481 bits per heavy atom. The molecule has 0 saturated carbocycles. The normalized spacial score (nSPS) is 19.1. The lowest BCUT2D eigenvalue weighted by molar-refractivity contribution is 0.453. The van der Waals surface area contributed by atoms with Crippen LogP contribution in [0, 0.1) is 5.92 Å². The van der Waals surface area contributed by atoms with Crippen molar-refractivity contribution in [3.05, 3.63) is 204 Å². The summed E-state index contributed by atoms with van der Waals surface area (Å²) >= 11 is 0. The Kier molecular flexibility index (Phi) is 6.26. The number of hydrogen-bond acceptors (Lipinski definition) is 3. The summed E-state index contributed by atoms with van der Waals surface area (Å²) in [5.41, 5.74) is 14.2. The average molecular weight is 665 g/mol. The van der Waals surface area contributed by atoms with Crippen LogP contribution in [-0.4, -0.2) is 19.5 Å². The largest absolute Gasteiger partial charge is 0.290 e. The van der Waals surface area contributed by atoms with Crippen molar-refractivity contribution in [3.8, 4) is 51.0 Å². The van der Waals surface area contributed by atoms with Gasteiger partial charge in [-0.15, -0.1) is 0 Å². The zero-order valence-corrected chi connectivity index (χ0v) is 28.3. The minimum atomic E-state index is -0.363. The number of benzene rings is 6. The lowest BCUT2D eigenvalue weighted by Crippen LogP contribution is -2.38. The van der Waals surface area contributed by atoms with Gasteiger partial charge >= 0.3 is 0 Å². The smallest absolute Gasteiger partial charge is 0.164 e. The van der Waals surface area contributed by atoms with Crippen molar-refractivity contribution in [2.24, 2.45) is 5.92 Å². The fraction of sp³-hybridized carbons (Fsp3) is 0.0625. The van der Waals surface area contributed by atoms with Crippen LogP contribution in [0.3, 0.4) is 0 Å². The third-order valence-corrected chi connectivity index (χ3v) is 11.3. The molecule has 3 aliphatic rings. The van der Waals surface area contributed by atoms with Gasteiger partial charge in [-0.3, -0.25) is 4.57 Å². The number of para-hydroxylation sites is 2. The van der Waals surface area contributed by atoms with Crippen molar-refractivity contribution in [1.29, 1.82) is 0 Å². The maximum atomic E-state index is 5.43. The van der Waals surface area contributed by atoms with Gasteiger partial charge in [0.05, 0.1) is 27.8 Å².